The first-order valence-electron chi connectivity index (χ1n) is 27.8. The van der Waals surface area contributed by atoms with Gasteiger partial charge in [-0.05, 0) is 102 Å². The summed E-state index contributed by atoms with van der Waals surface area (Å²) in [4.78, 5) is 0. The Morgan fingerprint density at radius 1 is 0.270 bits per heavy atom. The van der Waals surface area contributed by atoms with Crippen LogP contribution in [-0.4, -0.2) is 64.8 Å². The van der Waals surface area contributed by atoms with Gasteiger partial charge in [-0.25, -0.2) is 0 Å². The molecule has 0 aliphatic carbocycles. The van der Waals surface area contributed by atoms with Crippen molar-refractivity contribution in [2.75, 3.05) is 39.6 Å². The van der Waals surface area contributed by atoms with Gasteiger partial charge in [0.2, 0.25) is 0 Å². The van der Waals surface area contributed by atoms with Crippen molar-refractivity contribution >= 4 is 0 Å². The summed E-state index contributed by atoms with van der Waals surface area (Å²) in [6.45, 7) is 18.2. The third kappa shape index (κ3) is 47.5. The van der Waals surface area contributed by atoms with Gasteiger partial charge in [0, 0.05) is 26.4 Å². The SMILES string of the molecule is CCCCCCCOC(CCCCC=CC(OCCCCCC)OC(C=CCCCCC(OCCCCCCC)OCCCCCCC)OCCCCCC)OCCCCCCC. The van der Waals surface area contributed by atoms with E-state index in [0.717, 1.165) is 116 Å². The molecule has 0 bridgehead atoms. The van der Waals surface area contributed by atoms with Crippen LogP contribution in [0.1, 0.15) is 273 Å². The quantitative estimate of drug-likeness (QED) is 0.0342. The molecule has 0 spiro atoms. The van der Waals surface area contributed by atoms with E-state index in [1.54, 1.807) is 0 Å². The smallest absolute Gasteiger partial charge is 0.180 e. The van der Waals surface area contributed by atoms with Crippen molar-refractivity contribution in [2.24, 2.45) is 0 Å². The minimum absolute atomic E-state index is 0.0887. The van der Waals surface area contributed by atoms with Crippen molar-refractivity contribution in [2.45, 2.75) is 298 Å². The van der Waals surface area contributed by atoms with Crippen molar-refractivity contribution in [3.8, 4) is 0 Å². The van der Waals surface area contributed by atoms with Gasteiger partial charge in [-0.3, -0.25) is 0 Å². The largest absolute Gasteiger partial charge is 0.353 e. The zero-order chi connectivity index (χ0) is 45.8. The van der Waals surface area contributed by atoms with Gasteiger partial charge in [0.15, 0.2) is 25.2 Å². The van der Waals surface area contributed by atoms with Crippen molar-refractivity contribution in [3.63, 3.8) is 0 Å². The van der Waals surface area contributed by atoms with Gasteiger partial charge in [-0.1, -0.05) is 195 Å². The molecule has 0 aliphatic rings. The minimum Gasteiger partial charge on any atom is -0.353 e. The summed E-state index contributed by atoms with van der Waals surface area (Å²) in [7, 11) is 0. The first-order valence-corrected chi connectivity index (χ1v) is 27.8. The molecule has 376 valence electrons. The lowest BCUT2D eigenvalue weighted by Gasteiger charge is -2.22. The zero-order valence-corrected chi connectivity index (χ0v) is 43.2. The van der Waals surface area contributed by atoms with Gasteiger partial charge in [0.05, 0.1) is 13.2 Å². The second kappa shape index (κ2) is 53.8. The van der Waals surface area contributed by atoms with E-state index in [1.165, 1.54) is 141 Å². The molecule has 0 aromatic rings. The number of hydrogen-bond acceptors (Lipinski definition) is 7. The lowest BCUT2D eigenvalue weighted by atomic mass is 10.1. The maximum Gasteiger partial charge on any atom is 0.180 e. The summed E-state index contributed by atoms with van der Waals surface area (Å²) in [6, 6.07) is 0. The summed E-state index contributed by atoms with van der Waals surface area (Å²) in [6.07, 6.45) is 50.3. The summed E-state index contributed by atoms with van der Waals surface area (Å²) < 4.78 is 44.4. The van der Waals surface area contributed by atoms with E-state index in [4.69, 9.17) is 33.2 Å². The molecule has 0 amide bonds. The van der Waals surface area contributed by atoms with Crippen LogP contribution in [0.15, 0.2) is 24.3 Å². The van der Waals surface area contributed by atoms with E-state index in [9.17, 15) is 0 Å². The van der Waals surface area contributed by atoms with Gasteiger partial charge in [-0.15, -0.1) is 0 Å². The summed E-state index contributed by atoms with van der Waals surface area (Å²) in [5.41, 5.74) is 0. The van der Waals surface area contributed by atoms with E-state index in [1.807, 2.05) is 0 Å². The Balaban J connectivity index is 5.30. The maximum absolute atomic E-state index is 6.57. The Morgan fingerprint density at radius 3 is 0.810 bits per heavy atom. The van der Waals surface area contributed by atoms with E-state index < -0.39 is 12.6 Å². The minimum atomic E-state index is -0.434. The van der Waals surface area contributed by atoms with Gasteiger partial charge in [-0.2, -0.15) is 0 Å². The fraction of sp³-hybridized carbons (Fsp3) is 0.929. The van der Waals surface area contributed by atoms with Crippen LogP contribution >= 0.6 is 0 Å². The average molecular weight is 895 g/mol. The van der Waals surface area contributed by atoms with E-state index in [0.29, 0.717) is 13.2 Å². The topological polar surface area (TPSA) is 64.6 Å². The fourth-order valence-electron chi connectivity index (χ4n) is 7.54. The maximum atomic E-state index is 6.57. The molecule has 0 saturated carbocycles. The molecule has 0 heterocycles. The zero-order valence-electron chi connectivity index (χ0n) is 43.2. The van der Waals surface area contributed by atoms with Crippen molar-refractivity contribution in [1.82, 2.24) is 0 Å². The predicted molar refractivity (Wildman–Crippen MR) is 270 cm³/mol. The van der Waals surface area contributed by atoms with Gasteiger partial charge in [0.1, 0.15) is 0 Å². The summed E-state index contributed by atoms with van der Waals surface area (Å²) >= 11 is 0. The van der Waals surface area contributed by atoms with Gasteiger partial charge < -0.3 is 33.2 Å². The molecule has 63 heavy (non-hydrogen) atoms. The molecule has 0 aromatic carbocycles. The fourth-order valence-corrected chi connectivity index (χ4v) is 7.54. The highest BCUT2D eigenvalue weighted by molar-refractivity contribution is 4.90. The standard InChI is InChI=1S/C56H110O7/c1-7-13-19-29-39-47-57-53(58-48-40-30-20-14-8-2)43-33-25-27-35-45-55(61-51-37-23-17-11-5)63-56(62-52-38-24-18-12-6)46-36-28-26-34-44-54(59-49-41-31-21-15-9-3)60-50-42-32-22-16-10-4/h35-36,45-46,53-56H,7-34,37-44,47-52H2,1-6H3. The monoisotopic (exact) mass is 895 g/mol. The number of unbranched alkanes of at least 4 members (excludes halogenated alkanes) is 26. The average Bonchev–Trinajstić information content (AvgIpc) is 3.29. The number of ether oxygens (including phenoxy) is 7. The van der Waals surface area contributed by atoms with Crippen molar-refractivity contribution in [3.05, 3.63) is 24.3 Å². The van der Waals surface area contributed by atoms with Crippen molar-refractivity contribution in [1.29, 1.82) is 0 Å². The van der Waals surface area contributed by atoms with Crippen LogP contribution in [0.2, 0.25) is 0 Å². The van der Waals surface area contributed by atoms with Crippen LogP contribution in [0, 0.1) is 0 Å². The Kier molecular flexibility index (Phi) is 53.1. The van der Waals surface area contributed by atoms with Gasteiger partial charge >= 0.3 is 0 Å². The number of allylic oxidation sites excluding steroid dienone is 2. The molecule has 7 heteroatoms. The number of rotatable bonds is 54. The predicted octanol–water partition coefficient (Wildman–Crippen LogP) is 17.7. The van der Waals surface area contributed by atoms with Gasteiger partial charge in [0.25, 0.3) is 0 Å². The van der Waals surface area contributed by atoms with E-state index in [-0.39, 0.29) is 12.6 Å². The second-order valence-electron chi connectivity index (χ2n) is 18.2. The third-order valence-electron chi connectivity index (χ3n) is 11.7. The Labute approximate surface area is 393 Å². The Hall–Kier alpha value is -0.800. The lowest BCUT2D eigenvalue weighted by Crippen LogP contribution is -2.25. The van der Waals surface area contributed by atoms with E-state index >= 15 is 0 Å². The molecule has 0 fully saturated rings. The summed E-state index contributed by atoms with van der Waals surface area (Å²) in [5.74, 6) is 0. The molecule has 0 saturated heterocycles. The normalized spacial score (nSPS) is 13.2. The highest BCUT2D eigenvalue weighted by Gasteiger charge is 2.15. The molecule has 0 N–H and O–H groups in total. The van der Waals surface area contributed by atoms with Crippen LogP contribution in [0.5, 0.6) is 0 Å². The summed E-state index contributed by atoms with van der Waals surface area (Å²) in [5, 5.41) is 0. The molecule has 0 rings (SSSR count). The van der Waals surface area contributed by atoms with Crippen LogP contribution in [0.3, 0.4) is 0 Å². The van der Waals surface area contributed by atoms with Crippen LogP contribution in [-0.2, 0) is 33.2 Å². The molecular weight excluding hydrogens is 785 g/mol. The second-order valence-corrected chi connectivity index (χ2v) is 18.2. The molecule has 2 atom stereocenters. The first kappa shape index (κ1) is 62.2. The van der Waals surface area contributed by atoms with Crippen molar-refractivity contribution < 1.29 is 33.2 Å². The number of hydrogen-bond donors (Lipinski definition) is 0. The molecule has 2 unspecified atom stereocenters. The molecule has 0 aliphatic heterocycles. The Bertz CT molecular complexity index is 795. The van der Waals surface area contributed by atoms with Crippen LogP contribution in [0.25, 0.3) is 0 Å². The molecular formula is C56H110O7. The Morgan fingerprint density at radius 2 is 0.524 bits per heavy atom. The lowest BCUT2D eigenvalue weighted by molar-refractivity contribution is -0.208. The van der Waals surface area contributed by atoms with Crippen LogP contribution < -0.4 is 0 Å². The highest BCUT2D eigenvalue weighted by Crippen LogP contribution is 2.17. The molecule has 0 radical (unpaired) electrons. The highest BCUT2D eigenvalue weighted by atomic mass is 16.8. The molecule has 0 aromatic heterocycles. The first-order chi connectivity index (χ1) is 31.1. The van der Waals surface area contributed by atoms with Crippen LogP contribution in [0.4, 0.5) is 0 Å². The van der Waals surface area contributed by atoms with E-state index in [2.05, 4.69) is 65.8 Å². The molecule has 7 nitrogen and oxygen atoms in total. The third-order valence-corrected chi connectivity index (χ3v) is 11.7.